The number of hydrogen-bond donors (Lipinski definition) is 2. The molecule has 0 spiro atoms. The van der Waals surface area contributed by atoms with Crippen molar-refractivity contribution in [2.24, 2.45) is 0 Å². The van der Waals surface area contributed by atoms with Gasteiger partial charge in [0.2, 0.25) is 0 Å². The Morgan fingerprint density at radius 3 is 2.62 bits per heavy atom. The molecule has 1 aromatic carbocycles. The zero-order chi connectivity index (χ0) is 14.8. The molecule has 0 atom stereocenters. The number of aryl methyl sites for hydroxylation is 1. The molecule has 0 fully saturated rings. The number of rotatable bonds is 3. The molecule has 1 heterocycles. The summed E-state index contributed by atoms with van der Waals surface area (Å²) in [5.74, 6) is 1.25. The number of anilines is 3. The first kappa shape index (κ1) is 14.5. The van der Waals surface area contributed by atoms with Crippen molar-refractivity contribution in [3.05, 3.63) is 45.4 Å². The Morgan fingerprint density at radius 1 is 1.05 bits per heavy atom. The maximum Gasteiger partial charge on any atom is 0.151 e. The molecule has 2 N–H and O–H groups in total. The molecule has 0 bridgehead atoms. The summed E-state index contributed by atoms with van der Waals surface area (Å²) in [5.41, 5.74) is 3.89. The number of benzene rings is 1. The molecule has 1 aliphatic rings. The minimum Gasteiger partial charge on any atom is -0.372 e. The van der Waals surface area contributed by atoms with Crippen LogP contribution in [0.5, 0.6) is 0 Å². The Morgan fingerprint density at radius 2 is 1.81 bits per heavy atom. The largest absolute Gasteiger partial charge is 0.372 e. The number of hydrogen-bond acceptors (Lipinski definition) is 3. The van der Waals surface area contributed by atoms with Crippen LogP contribution in [-0.2, 0) is 12.8 Å². The van der Waals surface area contributed by atoms with E-state index in [0.29, 0.717) is 21.7 Å². The summed E-state index contributed by atoms with van der Waals surface area (Å²) in [6.45, 7) is 0. The van der Waals surface area contributed by atoms with Crippen molar-refractivity contribution >= 4 is 40.5 Å². The van der Waals surface area contributed by atoms with Crippen LogP contribution in [0.3, 0.4) is 0 Å². The van der Waals surface area contributed by atoms with Gasteiger partial charge in [-0.25, -0.2) is 4.98 Å². The average Bonchev–Trinajstić information content (AvgIpc) is 2.50. The third-order valence-corrected chi connectivity index (χ3v) is 4.39. The van der Waals surface area contributed by atoms with Crippen LogP contribution in [0.1, 0.15) is 24.0 Å². The molecule has 0 unspecified atom stereocenters. The zero-order valence-corrected chi connectivity index (χ0v) is 13.4. The van der Waals surface area contributed by atoms with Crippen LogP contribution in [0.4, 0.5) is 17.3 Å². The van der Waals surface area contributed by atoms with E-state index in [1.807, 2.05) is 0 Å². The molecule has 0 aliphatic heterocycles. The molecule has 1 aliphatic carbocycles. The van der Waals surface area contributed by atoms with Gasteiger partial charge in [0.25, 0.3) is 0 Å². The molecule has 0 amide bonds. The Labute approximate surface area is 134 Å². The lowest BCUT2D eigenvalue weighted by Gasteiger charge is -2.20. The van der Waals surface area contributed by atoms with Gasteiger partial charge in [0.05, 0.1) is 10.0 Å². The second-order valence-corrected chi connectivity index (χ2v) is 5.99. The molecular formula is C16H17Cl2N3. The molecule has 5 heteroatoms. The topological polar surface area (TPSA) is 37.0 Å². The standard InChI is InChI=1S/C16H17Cl2N3/c1-19-15-12(17)9-13(18)16(21-15)20-14-8-4-6-10-5-2-3-7-11(10)14/h4,6,8-9H,2-3,5,7H2,1H3,(H2,19,20,21). The number of nitrogens with one attached hydrogen (secondary N) is 2. The van der Waals surface area contributed by atoms with Gasteiger partial charge in [-0.1, -0.05) is 35.3 Å². The van der Waals surface area contributed by atoms with Gasteiger partial charge in [-0.15, -0.1) is 0 Å². The van der Waals surface area contributed by atoms with Crippen molar-refractivity contribution in [2.45, 2.75) is 25.7 Å². The minimum atomic E-state index is 0.517. The first-order valence-corrected chi connectivity index (χ1v) is 7.86. The molecule has 0 saturated heterocycles. The number of pyridine rings is 1. The van der Waals surface area contributed by atoms with E-state index in [9.17, 15) is 0 Å². The Bertz CT molecular complexity index is 671. The fourth-order valence-electron chi connectivity index (χ4n) is 2.76. The van der Waals surface area contributed by atoms with Crippen LogP contribution in [0.15, 0.2) is 24.3 Å². The van der Waals surface area contributed by atoms with Gasteiger partial charge in [-0.3, -0.25) is 0 Å². The number of aromatic nitrogens is 1. The first-order chi connectivity index (χ1) is 10.2. The molecule has 1 aromatic heterocycles. The van der Waals surface area contributed by atoms with Gasteiger partial charge >= 0.3 is 0 Å². The van der Waals surface area contributed by atoms with Crippen LogP contribution in [-0.4, -0.2) is 12.0 Å². The van der Waals surface area contributed by atoms with Gasteiger partial charge in [0.15, 0.2) is 5.82 Å². The molecule has 110 valence electrons. The summed E-state index contributed by atoms with van der Waals surface area (Å²) in [4.78, 5) is 4.45. The SMILES string of the molecule is CNc1nc(Nc2cccc3c2CCCC3)c(Cl)cc1Cl. The lowest BCUT2D eigenvalue weighted by molar-refractivity contribution is 0.687. The van der Waals surface area contributed by atoms with E-state index in [4.69, 9.17) is 23.2 Å². The molecule has 2 aromatic rings. The quantitative estimate of drug-likeness (QED) is 0.830. The van der Waals surface area contributed by atoms with Crippen LogP contribution >= 0.6 is 23.2 Å². The molecule has 0 radical (unpaired) electrons. The summed E-state index contributed by atoms with van der Waals surface area (Å²) in [7, 11) is 1.79. The maximum absolute atomic E-state index is 6.25. The second kappa shape index (κ2) is 6.12. The van der Waals surface area contributed by atoms with Crippen molar-refractivity contribution in [1.82, 2.24) is 4.98 Å². The van der Waals surface area contributed by atoms with E-state index in [1.54, 1.807) is 13.1 Å². The number of nitrogens with zero attached hydrogens (tertiary/aromatic N) is 1. The van der Waals surface area contributed by atoms with E-state index in [0.717, 1.165) is 18.5 Å². The number of halogens is 2. The van der Waals surface area contributed by atoms with E-state index < -0.39 is 0 Å². The predicted molar refractivity (Wildman–Crippen MR) is 90.2 cm³/mol. The van der Waals surface area contributed by atoms with Crippen molar-refractivity contribution in [2.75, 3.05) is 17.7 Å². The Kier molecular flexibility index (Phi) is 4.22. The van der Waals surface area contributed by atoms with Crippen LogP contribution in [0.25, 0.3) is 0 Å². The van der Waals surface area contributed by atoms with Crippen molar-refractivity contribution in [1.29, 1.82) is 0 Å². The zero-order valence-electron chi connectivity index (χ0n) is 11.8. The lowest BCUT2D eigenvalue weighted by Crippen LogP contribution is -2.07. The summed E-state index contributed by atoms with van der Waals surface area (Å²) < 4.78 is 0. The van der Waals surface area contributed by atoms with E-state index >= 15 is 0 Å². The molecule has 0 saturated carbocycles. The van der Waals surface area contributed by atoms with Crippen LogP contribution in [0, 0.1) is 0 Å². The monoisotopic (exact) mass is 321 g/mol. The van der Waals surface area contributed by atoms with Crippen LogP contribution in [0.2, 0.25) is 10.0 Å². The van der Waals surface area contributed by atoms with Gasteiger partial charge in [0.1, 0.15) is 5.82 Å². The van der Waals surface area contributed by atoms with E-state index in [2.05, 4.69) is 33.8 Å². The summed E-state index contributed by atoms with van der Waals surface area (Å²) >= 11 is 12.3. The van der Waals surface area contributed by atoms with Gasteiger partial charge in [-0.2, -0.15) is 0 Å². The van der Waals surface area contributed by atoms with Crippen molar-refractivity contribution in [3.63, 3.8) is 0 Å². The highest BCUT2D eigenvalue weighted by Crippen LogP contribution is 2.34. The third kappa shape index (κ3) is 2.94. The van der Waals surface area contributed by atoms with Gasteiger partial charge < -0.3 is 10.6 Å². The number of fused-ring (bicyclic) bond motifs is 1. The summed E-state index contributed by atoms with van der Waals surface area (Å²) in [6.07, 6.45) is 4.74. The van der Waals surface area contributed by atoms with E-state index in [1.165, 1.54) is 24.0 Å². The molecule has 21 heavy (non-hydrogen) atoms. The van der Waals surface area contributed by atoms with Gasteiger partial charge in [0, 0.05) is 12.7 Å². The highest BCUT2D eigenvalue weighted by Gasteiger charge is 2.15. The van der Waals surface area contributed by atoms with E-state index in [-0.39, 0.29) is 0 Å². The first-order valence-electron chi connectivity index (χ1n) is 7.10. The minimum absolute atomic E-state index is 0.517. The normalized spacial score (nSPS) is 13.7. The van der Waals surface area contributed by atoms with Crippen molar-refractivity contribution < 1.29 is 0 Å². The fraction of sp³-hybridized carbons (Fsp3) is 0.312. The van der Waals surface area contributed by atoms with Gasteiger partial charge in [-0.05, 0) is 48.9 Å². The highest BCUT2D eigenvalue weighted by atomic mass is 35.5. The predicted octanol–water partition coefficient (Wildman–Crippen LogP) is 5.05. The lowest BCUT2D eigenvalue weighted by atomic mass is 9.90. The van der Waals surface area contributed by atoms with Crippen LogP contribution < -0.4 is 10.6 Å². The average molecular weight is 322 g/mol. The third-order valence-electron chi connectivity index (χ3n) is 3.82. The van der Waals surface area contributed by atoms with Crippen molar-refractivity contribution in [3.8, 4) is 0 Å². The highest BCUT2D eigenvalue weighted by molar-refractivity contribution is 6.37. The molecule has 3 rings (SSSR count). The smallest absolute Gasteiger partial charge is 0.151 e. The molecular weight excluding hydrogens is 305 g/mol. The molecule has 3 nitrogen and oxygen atoms in total. The summed E-state index contributed by atoms with van der Waals surface area (Å²) in [6, 6.07) is 8.07. The Balaban J connectivity index is 1.97. The maximum atomic E-state index is 6.25. The Hall–Kier alpha value is -1.45. The summed E-state index contributed by atoms with van der Waals surface area (Å²) in [5, 5.41) is 7.37. The second-order valence-electron chi connectivity index (χ2n) is 5.17. The fourth-order valence-corrected chi connectivity index (χ4v) is 3.26.